The molecule has 0 aliphatic heterocycles. The van der Waals surface area contributed by atoms with E-state index >= 15 is 0 Å². The summed E-state index contributed by atoms with van der Waals surface area (Å²) >= 11 is 3.40. The number of amides is 1. The van der Waals surface area contributed by atoms with Gasteiger partial charge in [0.1, 0.15) is 5.82 Å². The lowest BCUT2D eigenvalue weighted by Gasteiger charge is -2.11. The number of hydrogen-bond acceptors (Lipinski definition) is 2. The Morgan fingerprint density at radius 3 is 2.65 bits per heavy atom. The number of carbonyl (C=O) groups excluding carboxylic acids is 1. The summed E-state index contributed by atoms with van der Waals surface area (Å²) in [4.78, 5) is 12.2. The first kappa shape index (κ1) is 14.5. The van der Waals surface area contributed by atoms with Gasteiger partial charge in [-0.25, -0.2) is 4.39 Å². The number of hydrogen-bond donors (Lipinski definition) is 2. The van der Waals surface area contributed by atoms with Crippen LogP contribution in [-0.2, 0) is 0 Å². The zero-order valence-corrected chi connectivity index (χ0v) is 12.7. The molecular weight excluding hydrogens is 323 g/mol. The van der Waals surface area contributed by atoms with Crippen LogP contribution in [0, 0.1) is 19.7 Å². The lowest BCUT2D eigenvalue weighted by Crippen LogP contribution is -2.15. The Balaban J connectivity index is 2.36. The fraction of sp³-hybridized carbons (Fsp3) is 0.133. The van der Waals surface area contributed by atoms with Crippen LogP contribution in [0.4, 0.5) is 15.8 Å². The molecule has 0 aromatic heterocycles. The molecule has 2 aromatic rings. The van der Waals surface area contributed by atoms with Crippen LogP contribution < -0.4 is 11.1 Å². The van der Waals surface area contributed by atoms with Gasteiger partial charge in [-0.15, -0.1) is 0 Å². The summed E-state index contributed by atoms with van der Waals surface area (Å²) in [6, 6.07) is 8.30. The van der Waals surface area contributed by atoms with Gasteiger partial charge < -0.3 is 11.1 Å². The van der Waals surface area contributed by atoms with Crippen LogP contribution in [0.3, 0.4) is 0 Å². The summed E-state index contributed by atoms with van der Waals surface area (Å²) < 4.78 is 14.8. The zero-order chi connectivity index (χ0) is 14.9. The molecule has 0 bridgehead atoms. The monoisotopic (exact) mass is 336 g/mol. The highest BCUT2D eigenvalue weighted by molar-refractivity contribution is 9.10. The van der Waals surface area contributed by atoms with Crippen molar-refractivity contribution in [1.82, 2.24) is 0 Å². The summed E-state index contributed by atoms with van der Waals surface area (Å²) in [6.45, 7) is 3.48. The van der Waals surface area contributed by atoms with Gasteiger partial charge in [-0.05, 0) is 59.1 Å². The lowest BCUT2D eigenvalue weighted by atomic mass is 10.1. The quantitative estimate of drug-likeness (QED) is 0.813. The number of aryl methyl sites for hydroxylation is 2. The van der Waals surface area contributed by atoms with Crippen molar-refractivity contribution in [3.8, 4) is 0 Å². The Morgan fingerprint density at radius 2 is 1.95 bits per heavy atom. The third-order valence-corrected chi connectivity index (χ3v) is 4.01. The normalized spacial score (nSPS) is 10.4. The zero-order valence-electron chi connectivity index (χ0n) is 11.1. The van der Waals surface area contributed by atoms with Gasteiger partial charge in [-0.1, -0.05) is 12.1 Å². The van der Waals surface area contributed by atoms with Gasteiger partial charge in [0.05, 0.1) is 11.3 Å². The van der Waals surface area contributed by atoms with Crippen LogP contribution in [0.2, 0.25) is 0 Å². The molecule has 0 saturated carbocycles. The average Bonchev–Trinajstić information content (AvgIpc) is 2.39. The van der Waals surface area contributed by atoms with E-state index in [1.54, 1.807) is 13.0 Å². The standard InChI is InChI=1S/C15H14BrFN2O/c1-8-4-3-5-12(13(8)16)19-15(20)11-7-10(18)6-9(2)14(11)17/h3-7H,18H2,1-2H3,(H,19,20). The SMILES string of the molecule is Cc1cc(N)cc(C(=O)Nc2cccc(C)c2Br)c1F. The highest BCUT2D eigenvalue weighted by Crippen LogP contribution is 2.27. The van der Waals surface area contributed by atoms with Crippen LogP contribution in [-0.4, -0.2) is 5.91 Å². The molecule has 104 valence electrons. The second-order valence-corrected chi connectivity index (χ2v) is 5.38. The van der Waals surface area contributed by atoms with E-state index in [9.17, 15) is 9.18 Å². The molecule has 20 heavy (non-hydrogen) atoms. The molecule has 0 unspecified atom stereocenters. The van der Waals surface area contributed by atoms with E-state index in [4.69, 9.17) is 5.73 Å². The average molecular weight is 337 g/mol. The van der Waals surface area contributed by atoms with Gasteiger partial charge in [-0.2, -0.15) is 0 Å². The van der Waals surface area contributed by atoms with Gasteiger partial charge in [0.15, 0.2) is 0 Å². The Morgan fingerprint density at radius 1 is 1.25 bits per heavy atom. The Kier molecular flexibility index (Phi) is 4.09. The van der Waals surface area contributed by atoms with Crippen molar-refractivity contribution in [2.45, 2.75) is 13.8 Å². The van der Waals surface area contributed by atoms with Crippen molar-refractivity contribution >= 4 is 33.2 Å². The van der Waals surface area contributed by atoms with Gasteiger partial charge in [-0.3, -0.25) is 4.79 Å². The first-order valence-electron chi connectivity index (χ1n) is 6.02. The molecule has 5 heteroatoms. The molecule has 0 radical (unpaired) electrons. The Bertz CT molecular complexity index is 686. The molecule has 0 spiro atoms. The van der Waals surface area contributed by atoms with Gasteiger partial charge in [0.2, 0.25) is 0 Å². The van der Waals surface area contributed by atoms with Crippen LogP contribution in [0.5, 0.6) is 0 Å². The van der Waals surface area contributed by atoms with Gasteiger partial charge in [0.25, 0.3) is 5.91 Å². The van der Waals surface area contributed by atoms with E-state index in [-0.39, 0.29) is 5.56 Å². The van der Waals surface area contributed by atoms with Gasteiger partial charge in [0, 0.05) is 10.2 Å². The number of nitrogen functional groups attached to an aromatic ring is 1. The van der Waals surface area contributed by atoms with Crippen molar-refractivity contribution in [3.05, 3.63) is 57.3 Å². The van der Waals surface area contributed by atoms with Crippen molar-refractivity contribution in [2.75, 3.05) is 11.1 Å². The van der Waals surface area contributed by atoms with E-state index in [0.29, 0.717) is 16.9 Å². The highest BCUT2D eigenvalue weighted by Gasteiger charge is 2.16. The first-order chi connectivity index (χ1) is 9.40. The van der Waals surface area contributed by atoms with Crippen molar-refractivity contribution in [3.63, 3.8) is 0 Å². The summed E-state index contributed by atoms with van der Waals surface area (Å²) in [5.41, 5.74) is 7.87. The smallest absolute Gasteiger partial charge is 0.258 e. The molecule has 0 fully saturated rings. The van der Waals surface area contributed by atoms with E-state index in [1.807, 2.05) is 19.1 Å². The fourth-order valence-electron chi connectivity index (χ4n) is 1.90. The molecule has 3 N–H and O–H groups in total. The van der Waals surface area contributed by atoms with Gasteiger partial charge >= 0.3 is 0 Å². The fourth-order valence-corrected chi connectivity index (χ4v) is 2.26. The minimum absolute atomic E-state index is 0.0593. The molecule has 0 heterocycles. The molecule has 0 atom stereocenters. The predicted molar refractivity (Wildman–Crippen MR) is 82.4 cm³/mol. The maximum absolute atomic E-state index is 14.0. The number of carbonyl (C=O) groups is 1. The third-order valence-electron chi connectivity index (χ3n) is 2.96. The summed E-state index contributed by atoms with van der Waals surface area (Å²) in [5.74, 6) is -1.08. The number of nitrogens with one attached hydrogen (secondary N) is 1. The van der Waals surface area contributed by atoms with Crippen LogP contribution in [0.25, 0.3) is 0 Å². The third kappa shape index (κ3) is 2.82. The van der Waals surface area contributed by atoms with E-state index in [1.165, 1.54) is 12.1 Å². The maximum Gasteiger partial charge on any atom is 0.258 e. The van der Waals surface area contributed by atoms with E-state index in [0.717, 1.165) is 10.0 Å². The highest BCUT2D eigenvalue weighted by atomic mass is 79.9. The van der Waals surface area contributed by atoms with Crippen molar-refractivity contribution in [2.24, 2.45) is 0 Å². The number of halogens is 2. The first-order valence-corrected chi connectivity index (χ1v) is 6.81. The second-order valence-electron chi connectivity index (χ2n) is 4.59. The molecule has 2 rings (SSSR count). The molecule has 2 aromatic carbocycles. The maximum atomic E-state index is 14.0. The Labute approximate surface area is 125 Å². The molecule has 3 nitrogen and oxygen atoms in total. The van der Waals surface area contributed by atoms with Crippen LogP contribution >= 0.6 is 15.9 Å². The summed E-state index contributed by atoms with van der Waals surface area (Å²) in [7, 11) is 0. The van der Waals surface area contributed by atoms with Crippen molar-refractivity contribution < 1.29 is 9.18 Å². The number of anilines is 2. The van der Waals surface area contributed by atoms with E-state index < -0.39 is 11.7 Å². The largest absolute Gasteiger partial charge is 0.399 e. The van der Waals surface area contributed by atoms with Crippen LogP contribution in [0.1, 0.15) is 21.5 Å². The van der Waals surface area contributed by atoms with E-state index in [2.05, 4.69) is 21.2 Å². The molecule has 1 amide bonds. The molecule has 0 saturated heterocycles. The predicted octanol–water partition coefficient (Wildman–Crippen LogP) is 4.04. The molecule has 0 aliphatic carbocycles. The molecule has 0 aliphatic rings. The Hall–Kier alpha value is -1.88. The van der Waals surface area contributed by atoms with Crippen molar-refractivity contribution in [1.29, 1.82) is 0 Å². The molecular formula is C15H14BrFN2O. The summed E-state index contributed by atoms with van der Waals surface area (Å²) in [5, 5.41) is 2.68. The topological polar surface area (TPSA) is 55.1 Å². The number of nitrogens with two attached hydrogens (primary N) is 1. The minimum Gasteiger partial charge on any atom is -0.399 e. The summed E-state index contributed by atoms with van der Waals surface area (Å²) in [6.07, 6.45) is 0. The second kappa shape index (κ2) is 5.63. The van der Waals surface area contributed by atoms with Crippen LogP contribution in [0.15, 0.2) is 34.8 Å². The number of rotatable bonds is 2. The minimum atomic E-state index is -0.555. The lowest BCUT2D eigenvalue weighted by molar-refractivity contribution is 0.102. The number of benzene rings is 2.